The summed E-state index contributed by atoms with van der Waals surface area (Å²) in [6, 6.07) is 4.88. The monoisotopic (exact) mass is 275 g/mol. The Bertz CT molecular complexity index is 476. The number of sulfonamides is 1. The van der Waals surface area contributed by atoms with Gasteiger partial charge in [0.25, 0.3) is 0 Å². The van der Waals surface area contributed by atoms with E-state index in [1.54, 1.807) is 0 Å². The fraction of sp³-hybridized carbons (Fsp3) is 0.500. The lowest BCUT2D eigenvalue weighted by Crippen LogP contribution is -2.29. The second kappa shape index (κ2) is 6.82. The minimum atomic E-state index is -3.68. The number of aliphatic hydroxyl groups is 1. The van der Waals surface area contributed by atoms with Crippen molar-refractivity contribution >= 4 is 10.0 Å². The molecule has 0 amide bonds. The van der Waals surface area contributed by atoms with Crippen molar-refractivity contribution in [3.05, 3.63) is 30.1 Å². The lowest BCUT2D eigenvalue weighted by atomic mass is 10.0. The van der Waals surface area contributed by atoms with Gasteiger partial charge in [0.2, 0.25) is 10.0 Å². The van der Waals surface area contributed by atoms with Crippen LogP contribution in [0.3, 0.4) is 0 Å². The number of halogens is 1. The van der Waals surface area contributed by atoms with Crippen LogP contribution in [0.15, 0.2) is 29.2 Å². The molecule has 1 aromatic carbocycles. The van der Waals surface area contributed by atoms with Crippen LogP contribution in [-0.4, -0.2) is 26.7 Å². The molecular weight excluding hydrogens is 257 g/mol. The maximum atomic E-state index is 13.0. The van der Waals surface area contributed by atoms with E-state index in [2.05, 4.69) is 4.72 Å². The van der Waals surface area contributed by atoms with Crippen LogP contribution in [0, 0.1) is 11.7 Å². The predicted molar refractivity (Wildman–Crippen MR) is 67.1 cm³/mol. The number of benzene rings is 1. The second-order valence-electron chi connectivity index (χ2n) is 4.10. The van der Waals surface area contributed by atoms with E-state index in [9.17, 15) is 12.8 Å². The summed E-state index contributed by atoms with van der Waals surface area (Å²) in [7, 11) is -3.68. The van der Waals surface area contributed by atoms with Crippen molar-refractivity contribution in [1.29, 1.82) is 0 Å². The first-order valence-corrected chi connectivity index (χ1v) is 7.34. The van der Waals surface area contributed by atoms with Gasteiger partial charge in [-0.2, -0.15) is 0 Å². The summed E-state index contributed by atoms with van der Waals surface area (Å²) < 4.78 is 39.1. The first-order valence-electron chi connectivity index (χ1n) is 5.85. The highest BCUT2D eigenvalue weighted by molar-refractivity contribution is 7.89. The molecule has 0 fully saturated rings. The molecule has 0 bridgehead atoms. The van der Waals surface area contributed by atoms with E-state index in [1.807, 2.05) is 6.92 Å². The van der Waals surface area contributed by atoms with Crippen LogP contribution in [0.4, 0.5) is 4.39 Å². The third-order valence-electron chi connectivity index (χ3n) is 2.78. The molecule has 0 aliphatic carbocycles. The number of nitrogens with one attached hydrogen (secondary N) is 1. The summed E-state index contributed by atoms with van der Waals surface area (Å²) in [5, 5.41) is 8.82. The van der Waals surface area contributed by atoms with Crippen LogP contribution in [0.1, 0.15) is 19.8 Å². The van der Waals surface area contributed by atoms with Crippen molar-refractivity contribution in [1.82, 2.24) is 4.72 Å². The zero-order valence-corrected chi connectivity index (χ0v) is 11.1. The Morgan fingerprint density at radius 2 is 2.17 bits per heavy atom. The first kappa shape index (κ1) is 15.1. The van der Waals surface area contributed by atoms with Gasteiger partial charge in [-0.25, -0.2) is 17.5 Å². The van der Waals surface area contributed by atoms with Gasteiger partial charge in [-0.05, 0) is 30.5 Å². The van der Waals surface area contributed by atoms with Gasteiger partial charge in [-0.15, -0.1) is 0 Å². The summed E-state index contributed by atoms with van der Waals surface area (Å²) in [6.07, 6.45) is 1.31. The van der Waals surface area contributed by atoms with E-state index < -0.39 is 15.8 Å². The maximum absolute atomic E-state index is 13.0. The smallest absolute Gasteiger partial charge is 0.240 e. The van der Waals surface area contributed by atoms with Gasteiger partial charge in [0, 0.05) is 13.2 Å². The molecule has 0 radical (unpaired) electrons. The average molecular weight is 275 g/mol. The van der Waals surface area contributed by atoms with E-state index in [1.165, 1.54) is 18.2 Å². The molecule has 2 N–H and O–H groups in total. The molecule has 1 aromatic rings. The Kier molecular flexibility index (Phi) is 5.71. The fourth-order valence-electron chi connectivity index (χ4n) is 1.58. The zero-order valence-electron chi connectivity index (χ0n) is 10.3. The van der Waals surface area contributed by atoms with Crippen molar-refractivity contribution in [3.63, 3.8) is 0 Å². The Morgan fingerprint density at radius 1 is 1.44 bits per heavy atom. The molecule has 0 aromatic heterocycles. The van der Waals surface area contributed by atoms with Gasteiger partial charge in [0.15, 0.2) is 0 Å². The van der Waals surface area contributed by atoms with Gasteiger partial charge in [-0.3, -0.25) is 0 Å². The first-order chi connectivity index (χ1) is 8.49. The Balaban J connectivity index is 2.70. The molecule has 0 aliphatic rings. The van der Waals surface area contributed by atoms with Crippen LogP contribution in [0.2, 0.25) is 0 Å². The highest BCUT2D eigenvalue weighted by Crippen LogP contribution is 2.12. The van der Waals surface area contributed by atoms with E-state index in [4.69, 9.17) is 5.11 Å². The van der Waals surface area contributed by atoms with E-state index in [-0.39, 0.29) is 24.0 Å². The number of rotatable bonds is 7. The summed E-state index contributed by atoms with van der Waals surface area (Å²) >= 11 is 0. The van der Waals surface area contributed by atoms with Crippen LogP contribution in [-0.2, 0) is 10.0 Å². The summed E-state index contributed by atoms with van der Waals surface area (Å²) in [5.41, 5.74) is 0. The predicted octanol–water partition coefficient (Wildman–Crippen LogP) is 1.51. The Hall–Kier alpha value is -0.980. The molecule has 1 rings (SSSR count). The van der Waals surface area contributed by atoms with Crippen molar-refractivity contribution in [2.75, 3.05) is 13.2 Å². The molecule has 0 aliphatic heterocycles. The van der Waals surface area contributed by atoms with Crippen LogP contribution >= 0.6 is 0 Å². The van der Waals surface area contributed by atoms with Gasteiger partial charge in [0.1, 0.15) is 5.82 Å². The van der Waals surface area contributed by atoms with Crippen LogP contribution in [0.5, 0.6) is 0 Å². The minimum absolute atomic E-state index is 0.0280. The Labute approximate surface area is 107 Å². The quantitative estimate of drug-likeness (QED) is 0.792. The molecule has 1 atom stereocenters. The van der Waals surface area contributed by atoms with Crippen molar-refractivity contribution in [2.45, 2.75) is 24.7 Å². The van der Waals surface area contributed by atoms with Gasteiger partial charge in [-0.1, -0.05) is 19.4 Å². The molecule has 0 saturated heterocycles. The van der Waals surface area contributed by atoms with Crippen LogP contribution < -0.4 is 4.72 Å². The van der Waals surface area contributed by atoms with Gasteiger partial charge >= 0.3 is 0 Å². The number of aliphatic hydroxyl groups excluding tert-OH is 1. The fourth-order valence-corrected chi connectivity index (χ4v) is 2.73. The summed E-state index contributed by atoms with van der Waals surface area (Å²) in [4.78, 5) is -0.0821. The van der Waals surface area contributed by atoms with E-state index in [0.29, 0.717) is 6.42 Å². The largest absolute Gasteiger partial charge is 0.396 e. The molecule has 4 nitrogen and oxygen atoms in total. The van der Waals surface area contributed by atoms with Gasteiger partial charge < -0.3 is 5.11 Å². The zero-order chi connectivity index (χ0) is 13.6. The molecule has 6 heteroatoms. The molecule has 0 heterocycles. The Morgan fingerprint density at radius 3 is 2.72 bits per heavy atom. The lowest BCUT2D eigenvalue weighted by molar-refractivity contribution is 0.254. The maximum Gasteiger partial charge on any atom is 0.240 e. The highest BCUT2D eigenvalue weighted by Gasteiger charge is 2.16. The molecule has 0 spiro atoms. The van der Waals surface area contributed by atoms with Crippen molar-refractivity contribution in [3.8, 4) is 0 Å². The number of hydrogen-bond donors (Lipinski definition) is 2. The third-order valence-corrected chi connectivity index (χ3v) is 4.20. The standard InChI is InChI=1S/C12H18FNO3S/c1-2-10(6-7-15)9-14-18(16,17)12-5-3-4-11(13)8-12/h3-5,8,10,14-15H,2,6-7,9H2,1H3. The minimum Gasteiger partial charge on any atom is -0.396 e. The topological polar surface area (TPSA) is 66.4 Å². The van der Waals surface area contributed by atoms with Crippen LogP contribution in [0.25, 0.3) is 0 Å². The molecular formula is C12H18FNO3S. The van der Waals surface area contributed by atoms with E-state index in [0.717, 1.165) is 12.5 Å². The highest BCUT2D eigenvalue weighted by atomic mass is 32.2. The van der Waals surface area contributed by atoms with Crippen molar-refractivity contribution < 1.29 is 17.9 Å². The SMILES string of the molecule is CCC(CCO)CNS(=O)(=O)c1cccc(F)c1. The number of hydrogen-bond acceptors (Lipinski definition) is 3. The molecule has 0 saturated carbocycles. The van der Waals surface area contributed by atoms with Gasteiger partial charge in [0.05, 0.1) is 4.90 Å². The summed E-state index contributed by atoms with van der Waals surface area (Å²) in [6.45, 7) is 2.20. The lowest BCUT2D eigenvalue weighted by Gasteiger charge is -2.14. The second-order valence-corrected chi connectivity index (χ2v) is 5.86. The molecule has 1 unspecified atom stereocenters. The third kappa shape index (κ3) is 4.36. The molecule has 102 valence electrons. The van der Waals surface area contributed by atoms with Crippen molar-refractivity contribution in [2.24, 2.45) is 5.92 Å². The molecule has 18 heavy (non-hydrogen) atoms. The normalized spacial score (nSPS) is 13.5. The van der Waals surface area contributed by atoms with E-state index >= 15 is 0 Å². The average Bonchev–Trinajstić information content (AvgIpc) is 2.34. The summed E-state index contributed by atoms with van der Waals surface area (Å²) in [5.74, 6) is -0.501.